The molecule has 3 aromatic heterocycles. The van der Waals surface area contributed by atoms with Crippen molar-refractivity contribution in [2.45, 2.75) is 51.9 Å². The smallest absolute Gasteiger partial charge is 0.183 e. The lowest BCUT2D eigenvalue weighted by atomic mass is 9.95. The van der Waals surface area contributed by atoms with E-state index in [0.717, 1.165) is 22.9 Å². The van der Waals surface area contributed by atoms with Crippen LogP contribution in [0, 0.1) is 0 Å². The maximum atomic E-state index is 12.6. The van der Waals surface area contributed by atoms with Crippen LogP contribution < -0.4 is 5.73 Å². The van der Waals surface area contributed by atoms with Crippen LogP contribution in [0.15, 0.2) is 32.6 Å². The first-order valence-electron chi connectivity index (χ1n) is 9.83. The first-order chi connectivity index (χ1) is 14.6. The number of nitrogens with zero attached hydrogens (tertiary/aromatic N) is 6. The molecule has 1 aliphatic heterocycles. The lowest BCUT2D eigenvalue weighted by molar-refractivity contribution is 0.0966. The fraction of sp³-hybridized carbons (Fsp3) is 0.381. The van der Waals surface area contributed by atoms with Gasteiger partial charge in [-0.2, -0.15) is 0 Å². The Morgan fingerprint density at radius 1 is 1.29 bits per heavy atom. The lowest BCUT2D eigenvalue weighted by Gasteiger charge is -2.16. The van der Waals surface area contributed by atoms with E-state index in [0.29, 0.717) is 22.3 Å². The molecule has 0 aliphatic carbocycles. The monoisotopic (exact) mass is 483 g/mol. The molecular weight excluding hydrogens is 462 g/mol. The zero-order chi connectivity index (χ0) is 22.3. The van der Waals surface area contributed by atoms with E-state index < -0.39 is 0 Å². The Morgan fingerprint density at radius 3 is 2.81 bits per heavy atom. The third kappa shape index (κ3) is 4.25. The Hall–Kier alpha value is -3.01. The number of halogens is 1. The van der Waals surface area contributed by atoms with Crippen LogP contribution in [0.2, 0.25) is 0 Å². The third-order valence-electron chi connectivity index (χ3n) is 4.99. The molecule has 1 atom stereocenters. The second-order valence-corrected chi connectivity index (χ2v) is 9.37. The predicted octanol–water partition coefficient (Wildman–Crippen LogP) is 3.95. The van der Waals surface area contributed by atoms with Gasteiger partial charge >= 0.3 is 0 Å². The first kappa shape index (κ1) is 21.2. The van der Waals surface area contributed by atoms with E-state index in [4.69, 9.17) is 10.3 Å². The van der Waals surface area contributed by atoms with Crippen LogP contribution in [0.3, 0.4) is 0 Å². The number of aromatic nitrogens is 5. The van der Waals surface area contributed by atoms with Crippen molar-refractivity contribution in [1.82, 2.24) is 25.1 Å². The molecular formula is C21H22BrN7O2. The molecule has 160 valence electrons. The quantitative estimate of drug-likeness (QED) is 0.539. The van der Waals surface area contributed by atoms with Gasteiger partial charge in [0.1, 0.15) is 40.8 Å². The summed E-state index contributed by atoms with van der Waals surface area (Å²) in [5.41, 5.74) is 8.90. The molecule has 4 rings (SSSR count). The van der Waals surface area contributed by atoms with Gasteiger partial charge in [0, 0.05) is 30.2 Å². The van der Waals surface area contributed by atoms with Gasteiger partial charge in [0.15, 0.2) is 5.78 Å². The molecule has 0 fully saturated rings. The van der Waals surface area contributed by atoms with Crippen molar-refractivity contribution in [1.29, 1.82) is 0 Å². The van der Waals surface area contributed by atoms with Crippen molar-refractivity contribution in [3.05, 3.63) is 51.7 Å². The van der Waals surface area contributed by atoms with Crippen LogP contribution in [0.5, 0.6) is 0 Å². The third-order valence-corrected chi connectivity index (χ3v) is 5.77. The number of hydrogen-bond donors (Lipinski definition) is 1. The number of nitrogen functional groups attached to an aromatic ring is 1. The highest BCUT2D eigenvalue weighted by molar-refractivity contribution is 9.10. The summed E-state index contributed by atoms with van der Waals surface area (Å²) in [6.45, 7) is 8.12. The summed E-state index contributed by atoms with van der Waals surface area (Å²) in [5.74, 6) is 1.24. The van der Waals surface area contributed by atoms with Crippen LogP contribution in [-0.2, 0) is 11.8 Å². The van der Waals surface area contributed by atoms with Gasteiger partial charge in [-0.25, -0.2) is 24.9 Å². The Morgan fingerprint density at radius 2 is 2.06 bits per heavy atom. The highest BCUT2D eigenvalue weighted by Crippen LogP contribution is 2.31. The molecule has 10 heteroatoms. The second-order valence-electron chi connectivity index (χ2n) is 8.58. The van der Waals surface area contributed by atoms with E-state index in [1.165, 1.54) is 6.33 Å². The maximum Gasteiger partial charge on any atom is 0.183 e. The Labute approximate surface area is 187 Å². The number of anilines is 1. The molecule has 0 saturated carbocycles. The fourth-order valence-corrected chi connectivity index (χ4v) is 3.62. The molecule has 0 spiro atoms. The highest BCUT2D eigenvalue weighted by atomic mass is 79.9. The van der Waals surface area contributed by atoms with Crippen molar-refractivity contribution in [2.75, 3.05) is 5.73 Å². The van der Waals surface area contributed by atoms with Gasteiger partial charge in [-0.3, -0.25) is 4.79 Å². The number of hydrogen-bond acceptors (Lipinski definition) is 9. The van der Waals surface area contributed by atoms with Gasteiger partial charge in [0.25, 0.3) is 0 Å². The molecule has 0 bridgehead atoms. The minimum Gasteiger partial charge on any atom is -0.383 e. The van der Waals surface area contributed by atoms with Gasteiger partial charge in [-0.05, 0) is 15.9 Å². The number of fused-ring (bicyclic) bond motifs is 1. The molecule has 0 saturated heterocycles. The zero-order valence-electron chi connectivity index (χ0n) is 17.7. The molecule has 4 heterocycles. The SMILES string of the molecule is C[C@@H](CC(=O)c1ncnc(N)c1Br)c1cc(C2=Nc3cnc(C(C)(C)C)nc3C2)no1. The summed E-state index contributed by atoms with van der Waals surface area (Å²) in [5, 5.41) is 4.17. The number of carbonyl (C=O) groups is 1. The van der Waals surface area contributed by atoms with Gasteiger partial charge < -0.3 is 10.3 Å². The molecule has 31 heavy (non-hydrogen) atoms. The zero-order valence-corrected chi connectivity index (χ0v) is 19.3. The summed E-state index contributed by atoms with van der Waals surface area (Å²) in [4.78, 5) is 34.3. The van der Waals surface area contributed by atoms with E-state index in [1.807, 2.05) is 13.0 Å². The van der Waals surface area contributed by atoms with Crippen molar-refractivity contribution >= 4 is 38.9 Å². The first-order valence-corrected chi connectivity index (χ1v) is 10.6. The second kappa shape index (κ2) is 7.92. The summed E-state index contributed by atoms with van der Waals surface area (Å²) < 4.78 is 5.92. The van der Waals surface area contributed by atoms with E-state index >= 15 is 0 Å². The van der Waals surface area contributed by atoms with Crippen molar-refractivity contribution in [3.63, 3.8) is 0 Å². The lowest BCUT2D eigenvalue weighted by Crippen LogP contribution is -2.16. The topological polar surface area (TPSA) is 133 Å². The molecule has 0 radical (unpaired) electrons. The highest BCUT2D eigenvalue weighted by Gasteiger charge is 2.26. The molecule has 0 aromatic carbocycles. The number of aliphatic imine (C=N–C) groups is 1. The molecule has 0 unspecified atom stereocenters. The normalized spacial score (nSPS) is 14.3. The van der Waals surface area contributed by atoms with Crippen molar-refractivity contribution in [3.8, 4) is 0 Å². The Bertz CT molecular complexity index is 1200. The van der Waals surface area contributed by atoms with Crippen LogP contribution in [0.4, 0.5) is 11.5 Å². The number of nitrogens with two attached hydrogens (primary N) is 1. The number of carbonyl (C=O) groups excluding carboxylic acids is 1. The van der Waals surface area contributed by atoms with E-state index in [9.17, 15) is 4.79 Å². The van der Waals surface area contributed by atoms with Crippen molar-refractivity contribution in [2.24, 2.45) is 4.99 Å². The molecule has 2 N–H and O–H groups in total. The van der Waals surface area contributed by atoms with Gasteiger partial charge in [0.2, 0.25) is 0 Å². The maximum absolute atomic E-state index is 12.6. The van der Waals surface area contributed by atoms with Crippen LogP contribution in [0.25, 0.3) is 0 Å². The summed E-state index contributed by atoms with van der Waals surface area (Å²) in [6, 6.07) is 1.82. The number of Topliss-reactive ketones (excluding diaryl/α,β-unsaturated/α-hetero) is 1. The van der Waals surface area contributed by atoms with Gasteiger partial charge in [-0.1, -0.05) is 32.9 Å². The van der Waals surface area contributed by atoms with Crippen LogP contribution in [0.1, 0.15) is 73.5 Å². The van der Waals surface area contributed by atoms with E-state index in [-0.39, 0.29) is 35.0 Å². The minimum absolute atomic E-state index is 0.135. The largest absolute Gasteiger partial charge is 0.383 e. The van der Waals surface area contributed by atoms with E-state index in [1.54, 1.807) is 6.20 Å². The number of ketones is 1. The Kier molecular flexibility index (Phi) is 5.42. The Balaban J connectivity index is 1.48. The fourth-order valence-electron chi connectivity index (χ4n) is 3.20. The predicted molar refractivity (Wildman–Crippen MR) is 119 cm³/mol. The summed E-state index contributed by atoms with van der Waals surface area (Å²) in [6.07, 6.45) is 3.78. The molecule has 9 nitrogen and oxygen atoms in total. The average molecular weight is 484 g/mol. The minimum atomic E-state index is -0.200. The standard InChI is InChI=1S/C21H22BrN7O2/c1-10(5-15(30)18-17(22)19(23)26-9-25-18)16-7-13(29-31-16)11-6-12-14(27-11)8-24-20(28-12)21(2,3)4/h7-10H,5-6H2,1-4H3,(H2,23,25,26)/t10-/m0/s1. The number of rotatable bonds is 5. The van der Waals surface area contributed by atoms with Crippen LogP contribution in [-0.4, -0.2) is 36.6 Å². The van der Waals surface area contributed by atoms with E-state index in [2.05, 4.69) is 66.8 Å². The summed E-state index contributed by atoms with van der Waals surface area (Å²) in [7, 11) is 0. The molecule has 3 aromatic rings. The average Bonchev–Trinajstić information content (AvgIpc) is 3.35. The van der Waals surface area contributed by atoms with Crippen molar-refractivity contribution < 1.29 is 9.32 Å². The van der Waals surface area contributed by atoms with Crippen LogP contribution >= 0.6 is 15.9 Å². The van der Waals surface area contributed by atoms with Gasteiger partial charge in [0.05, 0.1) is 22.1 Å². The van der Waals surface area contributed by atoms with Gasteiger partial charge in [-0.15, -0.1) is 0 Å². The summed E-state index contributed by atoms with van der Waals surface area (Å²) >= 11 is 3.27. The molecule has 1 aliphatic rings. The molecule has 0 amide bonds.